The highest BCUT2D eigenvalue weighted by atomic mass is 19.1. The summed E-state index contributed by atoms with van der Waals surface area (Å²) < 4.78 is 15.5. The van der Waals surface area contributed by atoms with Crippen molar-refractivity contribution < 1.29 is 4.39 Å². The average Bonchev–Trinajstić information content (AvgIpc) is 2.87. The van der Waals surface area contributed by atoms with Gasteiger partial charge in [0.1, 0.15) is 18.0 Å². The van der Waals surface area contributed by atoms with Crippen LogP contribution in [0.15, 0.2) is 36.9 Å². The summed E-state index contributed by atoms with van der Waals surface area (Å²) in [6.45, 7) is 4.75. The molecule has 112 valence electrons. The Morgan fingerprint density at radius 3 is 2.91 bits per heavy atom. The van der Waals surface area contributed by atoms with Crippen molar-refractivity contribution in [3.63, 3.8) is 0 Å². The molecule has 0 radical (unpaired) electrons. The number of nitrogens with zero attached hydrogens (tertiary/aromatic N) is 5. The normalized spacial score (nSPS) is 15.3. The minimum atomic E-state index is -0.257. The highest BCUT2D eigenvalue weighted by Gasteiger charge is 2.29. The number of hydrogen-bond donors (Lipinski definition) is 0. The maximum Gasteiger partial charge on any atom is 0.140 e. The molecule has 2 aromatic heterocycles. The first-order valence-corrected chi connectivity index (χ1v) is 7.33. The van der Waals surface area contributed by atoms with Gasteiger partial charge < -0.3 is 4.90 Å². The minimum absolute atomic E-state index is 0.257. The molecule has 0 atom stereocenters. The molecule has 6 heteroatoms. The van der Waals surface area contributed by atoms with Crippen molar-refractivity contribution in [2.45, 2.75) is 13.5 Å². The van der Waals surface area contributed by atoms with Crippen LogP contribution in [-0.4, -0.2) is 32.8 Å². The van der Waals surface area contributed by atoms with Gasteiger partial charge in [-0.05, 0) is 30.7 Å². The van der Waals surface area contributed by atoms with Crippen LogP contribution in [0.2, 0.25) is 0 Å². The number of halogens is 1. The molecule has 3 aromatic rings. The third kappa shape index (κ3) is 2.30. The van der Waals surface area contributed by atoms with E-state index in [0.717, 1.165) is 36.4 Å². The molecule has 0 amide bonds. The van der Waals surface area contributed by atoms with Crippen molar-refractivity contribution in [2.24, 2.45) is 5.92 Å². The second kappa shape index (κ2) is 5.05. The Labute approximate surface area is 127 Å². The quantitative estimate of drug-likeness (QED) is 0.745. The fourth-order valence-corrected chi connectivity index (χ4v) is 2.96. The SMILES string of the molecule is Cc1cnn(CC2CN(c3ncnc4ccc(F)cc34)C2)c1. The molecule has 0 aliphatic carbocycles. The topological polar surface area (TPSA) is 46.8 Å². The summed E-state index contributed by atoms with van der Waals surface area (Å²) in [5.41, 5.74) is 1.95. The van der Waals surface area contributed by atoms with Crippen LogP contribution >= 0.6 is 0 Å². The number of hydrogen-bond acceptors (Lipinski definition) is 4. The van der Waals surface area contributed by atoms with Gasteiger partial charge in [0.25, 0.3) is 0 Å². The van der Waals surface area contributed by atoms with Gasteiger partial charge >= 0.3 is 0 Å². The second-order valence-corrected chi connectivity index (χ2v) is 5.87. The number of anilines is 1. The molecule has 1 aromatic carbocycles. The molecule has 0 bridgehead atoms. The van der Waals surface area contributed by atoms with Crippen molar-refractivity contribution in [2.75, 3.05) is 18.0 Å². The summed E-state index contributed by atoms with van der Waals surface area (Å²) in [5.74, 6) is 1.10. The van der Waals surface area contributed by atoms with Gasteiger partial charge in [-0.3, -0.25) is 4.68 Å². The summed E-state index contributed by atoms with van der Waals surface area (Å²) >= 11 is 0. The van der Waals surface area contributed by atoms with Crippen LogP contribution in [0, 0.1) is 18.7 Å². The summed E-state index contributed by atoms with van der Waals surface area (Å²) in [7, 11) is 0. The first-order chi connectivity index (χ1) is 10.7. The highest BCUT2D eigenvalue weighted by molar-refractivity contribution is 5.89. The summed E-state index contributed by atoms with van der Waals surface area (Å²) in [4.78, 5) is 10.7. The van der Waals surface area contributed by atoms with Crippen LogP contribution in [0.4, 0.5) is 10.2 Å². The molecule has 1 aliphatic rings. The van der Waals surface area contributed by atoms with E-state index in [9.17, 15) is 4.39 Å². The van der Waals surface area contributed by atoms with Gasteiger partial charge in [-0.25, -0.2) is 14.4 Å². The van der Waals surface area contributed by atoms with E-state index in [0.29, 0.717) is 5.92 Å². The van der Waals surface area contributed by atoms with Gasteiger partial charge in [-0.1, -0.05) is 0 Å². The number of benzene rings is 1. The molecular weight excluding hydrogens is 281 g/mol. The Morgan fingerprint density at radius 2 is 2.14 bits per heavy atom. The predicted molar refractivity (Wildman–Crippen MR) is 82.2 cm³/mol. The Bertz CT molecular complexity index is 822. The van der Waals surface area contributed by atoms with Crippen LogP contribution in [0.25, 0.3) is 10.9 Å². The second-order valence-electron chi connectivity index (χ2n) is 5.87. The van der Waals surface area contributed by atoms with Crippen LogP contribution in [0.1, 0.15) is 5.56 Å². The Balaban J connectivity index is 1.52. The monoisotopic (exact) mass is 297 g/mol. The molecule has 1 aliphatic heterocycles. The zero-order valence-electron chi connectivity index (χ0n) is 12.3. The van der Waals surface area contributed by atoms with Crippen LogP contribution in [0.3, 0.4) is 0 Å². The zero-order chi connectivity index (χ0) is 15.1. The standard InChI is InChI=1S/C16H16FN5/c1-11-5-20-22(6-11)9-12-7-21(8-12)16-14-4-13(17)2-3-15(14)18-10-19-16/h2-6,10,12H,7-9H2,1H3. The van der Waals surface area contributed by atoms with E-state index in [4.69, 9.17) is 0 Å². The lowest BCUT2D eigenvalue weighted by molar-refractivity contribution is 0.341. The van der Waals surface area contributed by atoms with E-state index in [1.165, 1.54) is 17.7 Å². The largest absolute Gasteiger partial charge is 0.355 e. The molecule has 1 fully saturated rings. The van der Waals surface area contributed by atoms with Crippen molar-refractivity contribution in [3.05, 3.63) is 48.3 Å². The summed E-state index contributed by atoms with van der Waals surface area (Å²) in [6, 6.07) is 4.63. The van der Waals surface area contributed by atoms with E-state index in [-0.39, 0.29) is 5.82 Å². The van der Waals surface area contributed by atoms with Gasteiger partial charge in [-0.2, -0.15) is 5.10 Å². The molecule has 22 heavy (non-hydrogen) atoms. The van der Waals surface area contributed by atoms with Crippen LogP contribution in [0.5, 0.6) is 0 Å². The number of fused-ring (bicyclic) bond motifs is 1. The fourth-order valence-electron chi connectivity index (χ4n) is 2.96. The molecule has 1 saturated heterocycles. The fraction of sp³-hybridized carbons (Fsp3) is 0.312. The van der Waals surface area contributed by atoms with Crippen LogP contribution in [-0.2, 0) is 6.54 Å². The summed E-state index contributed by atoms with van der Waals surface area (Å²) in [5, 5.41) is 5.09. The Hall–Kier alpha value is -2.50. The van der Waals surface area contributed by atoms with Crippen molar-refractivity contribution in [1.29, 1.82) is 0 Å². The molecular formula is C16H16FN5. The minimum Gasteiger partial charge on any atom is -0.355 e. The third-order valence-electron chi connectivity index (χ3n) is 4.04. The molecule has 5 nitrogen and oxygen atoms in total. The lowest BCUT2D eigenvalue weighted by atomic mass is 9.99. The molecule has 0 unspecified atom stereocenters. The number of rotatable bonds is 3. The van der Waals surface area contributed by atoms with Crippen LogP contribution < -0.4 is 4.90 Å². The van der Waals surface area contributed by atoms with Crippen molar-refractivity contribution in [1.82, 2.24) is 19.7 Å². The molecule has 4 rings (SSSR count). The first kappa shape index (κ1) is 13.2. The van der Waals surface area contributed by atoms with E-state index in [1.807, 2.05) is 17.8 Å². The smallest absolute Gasteiger partial charge is 0.140 e. The van der Waals surface area contributed by atoms with Gasteiger partial charge in [0.2, 0.25) is 0 Å². The molecule has 3 heterocycles. The molecule has 0 saturated carbocycles. The average molecular weight is 297 g/mol. The Kier molecular flexibility index (Phi) is 3.03. The van der Waals surface area contributed by atoms with Gasteiger partial charge in [0.05, 0.1) is 11.7 Å². The lowest BCUT2D eigenvalue weighted by Crippen LogP contribution is -2.49. The van der Waals surface area contributed by atoms with Crippen molar-refractivity contribution >= 4 is 16.7 Å². The van der Waals surface area contributed by atoms with E-state index in [2.05, 4.69) is 26.2 Å². The van der Waals surface area contributed by atoms with E-state index < -0.39 is 0 Å². The Morgan fingerprint density at radius 1 is 1.27 bits per heavy atom. The molecule has 0 N–H and O–H groups in total. The lowest BCUT2D eigenvalue weighted by Gasteiger charge is -2.40. The first-order valence-electron chi connectivity index (χ1n) is 7.33. The highest BCUT2D eigenvalue weighted by Crippen LogP contribution is 2.29. The van der Waals surface area contributed by atoms with Gasteiger partial charge in [0.15, 0.2) is 0 Å². The predicted octanol–water partition coefficient (Wildman–Crippen LogP) is 2.41. The number of aromatic nitrogens is 4. The summed E-state index contributed by atoms with van der Waals surface area (Å²) in [6.07, 6.45) is 5.47. The zero-order valence-corrected chi connectivity index (χ0v) is 12.3. The number of aryl methyl sites for hydroxylation is 1. The third-order valence-corrected chi connectivity index (χ3v) is 4.04. The molecule has 0 spiro atoms. The maximum absolute atomic E-state index is 13.5. The van der Waals surface area contributed by atoms with Crippen molar-refractivity contribution in [3.8, 4) is 0 Å². The van der Waals surface area contributed by atoms with Gasteiger partial charge in [-0.15, -0.1) is 0 Å². The van der Waals surface area contributed by atoms with Gasteiger partial charge in [0, 0.05) is 37.1 Å². The maximum atomic E-state index is 13.5. The van der Waals surface area contributed by atoms with E-state index >= 15 is 0 Å². The van der Waals surface area contributed by atoms with E-state index in [1.54, 1.807) is 12.4 Å².